The van der Waals surface area contributed by atoms with Crippen molar-refractivity contribution in [2.24, 2.45) is 0 Å². The van der Waals surface area contributed by atoms with Gasteiger partial charge in [-0.3, -0.25) is 4.79 Å². The van der Waals surface area contributed by atoms with Crippen molar-refractivity contribution in [3.63, 3.8) is 0 Å². The van der Waals surface area contributed by atoms with Crippen molar-refractivity contribution in [1.82, 2.24) is 9.88 Å². The average molecular weight is 424 g/mol. The molecule has 7 heteroatoms. The van der Waals surface area contributed by atoms with E-state index >= 15 is 0 Å². The summed E-state index contributed by atoms with van der Waals surface area (Å²) in [4.78, 5) is 26.3. The lowest BCUT2D eigenvalue weighted by Crippen LogP contribution is -2.26. The van der Waals surface area contributed by atoms with Crippen molar-refractivity contribution in [3.05, 3.63) is 44.6 Å². The minimum Gasteiger partial charge on any atom is -0.465 e. The van der Waals surface area contributed by atoms with Gasteiger partial charge in [-0.15, -0.1) is 11.3 Å². The summed E-state index contributed by atoms with van der Waals surface area (Å²) in [6, 6.07) is 4.18. The standard InChI is InChI=1S/C23H25N3O3S/c1-13-10-15(11-16(12-24)21(27)25-17-8-9-17)14(2)26(13)22-20(23(28)29-3)18-6-4-5-7-19(18)30-22/h10-11,17H,4-9H2,1-3H3,(H,25,27)/b16-11+. The molecule has 1 saturated carbocycles. The molecule has 0 saturated heterocycles. The summed E-state index contributed by atoms with van der Waals surface area (Å²) in [6.07, 6.45) is 7.66. The molecule has 0 atom stereocenters. The zero-order valence-electron chi connectivity index (χ0n) is 17.5. The number of methoxy groups -OCH3 is 1. The summed E-state index contributed by atoms with van der Waals surface area (Å²) in [5.41, 5.74) is 4.50. The van der Waals surface area contributed by atoms with Crippen LogP contribution in [-0.4, -0.2) is 29.6 Å². The van der Waals surface area contributed by atoms with E-state index in [4.69, 9.17) is 4.74 Å². The number of hydrogen-bond donors (Lipinski definition) is 1. The lowest BCUT2D eigenvalue weighted by atomic mass is 9.95. The molecular weight excluding hydrogens is 398 g/mol. The zero-order valence-corrected chi connectivity index (χ0v) is 18.3. The molecule has 1 N–H and O–H groups in total. The highest BCUT2D eigenvalue weighted by atomic mass is 32.1. The predicted molar refractivity (Wildman–Crippen MR) is 116 cm³/mol. The molecule has 1 amide bonds. The SMILES string of the molecule is COC(=O)c1c(-n2c(C)cc(/C=C(\C#N)C(=O)NC3CC3)c2C)sc2c1CCCC2. The van der Waals surface area contributed by atoms with Crippen LogP contribution in [0.25, 0.3) is 11.1 Å². The Morgan fingerprint density at radius 1 is 1.30 bits per heavy atom. The van der Waals surface area contributed by atoms with Crippen LogP contribution in [0.5, 0.6) is 0 Å². The minimum absolute atomic E-state index is 0.0980. The van der Waals surface area contributed by atoms with Gasteiger partial charge < -0.3 is 14.6 Å². The van der Waals surface area contributed by atoms with Crippen LogP contribution in [0.1, 0.15) is 63.4 Å². The van der Waals surface area contributed by atoms with Crippen molar-refractivity contribution < 1.29 is 14.3 Å². The van der Waals surface area contributed by atoms with Gasteiger partial charge in [-0.2, -0.15) is 5.26 Å². The maximum absolute atomic E-state index is 12.7. The summed E-state index contributed by atoms with van der Waals surface area (Å²) in [7, 11) is 1.42. The summed E-state index contributed by atoms with van der Waals surface area (Å²) in [5.74, 6) is -0.637. The number of thiophene rings is 1. The van der Waals surface area contributed by atoms with Gasteiger partial charge in [0.2, 0.25) is 0 Å². The molecular formula is C23H25N3O3S. The second kappa shape index (κ2) is 8.11. The molecule has 1 fully saturated rings. The van der Waals surface area contributed by atoms with Crippen LogP contribution < -0.4 is 5.32 Å². The number of fused-ring (bicyclic) bond motifs is 1. The topological polar surface area (TPSA) is 84.1 Å². The van der Waals surface area contributed by atoms with E-state index in [0.717, 1.165) is 66.0 Å². The normalized spacial score (nSPS) is 16.0. The van der Waals surface area contributed by atoms with E-state index in [1.165, 1.54) is 12.0 Å². The molecule has 156 valence electrons. The number of nitriles is 1. The number of carbonyl (C=O) groups excluding carboxylic acids is 2. The van der Waals surface area contributed by atoms with Crippen molar-refractivity contribution in [3.8, 4) is 11.1 Å². The summed E-state index contributed by atoms with van der Waals surface area (Å²) < 4.78 is 7.16. The van der Waals surface area contributed by atoms with Gasteiger partial charge in [0.05, 0.1) is 12.7 Å². The molecule has 0 radical (unpaired) electrons. The molecule has 2 aromatic heterocycles. The monoisotopic (exact) mass is 423 g/mol. The van der Waals surface area contributed by atoms with E-state index in [2.05, 4.69) is 9.88 Å². The summed E-state index contributed by atoms with van der Waals surface area (Å²) in [5, 5.41) is 13.2. The fourth-order valence-electron chi connectivity index (χ4n) is 4.06. The van der Waals surface area contributed by atoms with Gasteiger partial charge in [0, 0.05) is 22.3 Å². The molecule has 0 bridgehead atoms. The third kappa shape index (κ3) is 3.68. The summed E-state index contributed by atoms with van der Waals surface area (Å²) >= 11 is 1.65. The number of ether oxygens (including phenoxy) is 1. The van der Waals surface area contributed by atoms with Gasteiger partial charge in [-0.1, -0.05) is 0 Å². The van der Waals surface area contributed by atoms with Crippen LogP contribution in [0.4, 0.5) is 0 Å². The largest absolute Gasteiger partial charge is 0.465 e. The Morgan fingerprint density at radius 2 is 2.03 bits per heavy atom. The molecule has 2 aliphatic carbocycles. The first-order valence-electron chi connectivity index (χ1n) is 10.3. The third-order valence-electron chi connectivity index (χ3n) is 5.79. The smallest absolute Gasteiger partial charge is 0.341 e. The van der Waals surface area contributed by atoms with Gasteiger partial charge in [0.15, 0.2) is 0 Å². The quantitative estimate of drug-likeness (QED) is 0.447. The van der Waals surface area contributed by atoms with E-state index in [1.807, 2.05) is 26.0 Å². The third-order valence-corrected chi connectivity index (χ3v) is 7.07. The highest BCUT2D eigenvalue weighted by Gasteiger charge is 2.29. The maximum Gasteiger partial charge on any atom is 0.341 e. The molecule has 4 rings (SSSR count). The van der Waals surface area contributed by atoms with Crippen LogP contribution in [0, 0.1) is 25.2 Å². The lowest BCUT2D eigenvalue weighted by molar-refractivity contribution is -0.117. The van der Waals surface area contributed by atoms with Crippen LogP contribution in [0.3, 0.4) is 0 Å². The van der Waals surface area contributed by atoms with Gasteiger partial charge in [0.1, 0.15) is 16.6 Å². The van der Waals surface area contributed by atoms with E-state index < -0.39 is 0 Å². The number of nitrogens with one attached hydrogen (secondary N) is 1. The number of aromatic nitrogens is 1. The molecule has 6 nitrogen and oxygen atoms in total. The highest BCUT2D eigenvalue weighted by molar-refractivity contribution is 7.15. The van der Waals surface area contributed by atoms with Crippen LogP contribution >= 0.6 is 11.3 Å². The molecule has 30 heavy (non-hydrogen) atoms. The molecule has 0 unspecified atom stereocenters. The number of carbonyl (C=O) groups is 2. The van der Waals surface area contributed by atoms with Gasteiger partial charge in [-0.25, -0.2) is 4.79 Å². The zero-order chi connectivity index (χ0) is 21.4. The number of amides is 1. The van der Waals surface area contributed by atoms with Crippen LogP contribution in [-0.2, 0) is 22.4 Å². The number of nitrogens with zero attached hydrogens (tertiary/aromatic N) is 2. The first-order chi connectivity index (χ1) is 14.4. The van der Waals surface area contributed by atoms with E-state index in [-0.39, 0.29) is 23.5 Å². The molecule has 2 heterocycles. The number of hydrogen-bond acceptors (Lipinski definition) is 5. The highest BCUT2D eigenvalue weighted by Crippen LogP contribution is 2.39. The summed E-state index contributed by atoms with van der Waals surface area (Å²) in [6.45, 7) is 3.92. The molecule has 0 aliphatic heterocycles. The van der Waals surface area contributed by atoms with Crippen molar-refractivity contribution in [1.29, 1.82) is 5.26 Å². The molecule has 0 spiro atoms. The average Bonchev–Trinajstić information content (AvgIpc) is 3.40. The van der Waals surface area contributed by atoms with Crippen LogP contribution in [0.2, 0.25) is 0 Å². The number of aryl methyl sites for hydroxylation is 2. The first-order valence-corrected chi connectivity index (χ1v) is 11.1. The molecule has 0 aromatic carbocycles. The fraction of sp³-hybridized carbons (Fsp3) is 0.435. The number of rotatable bonds is 5. The van der Waals surface area contributed by atoms with Crippen molar-refractivity contribution in [2.45, 2.75) is 58.4 Å². The Hall–Kier alpha value is -2.85. The van der Waals surface area contributed by atoms with Gasteiger partial charge in [-0.05, 0) is 75.6 Å². The molecule has 2 aromatic rings. The number of esters is 1. The Balaban J connectivity index is 1.79. The molecule has 2 aliphatic rings. The minimum atomic E-state index is -0.327. The Bertz CT molecular complexity index is 1100. The van der Waals surface area contributed by atoms with Gasteiger partial charge in [0.25, 0.3) is 5.91 Å². The van der Waals surface area contributed by atoms with Gasteiger partial charge >= 0.3 is 5.97 Å². The first kappa shape index (κ1) is 20.4. The fourth-order valence-corrected chi connectivity index (χ4v) is 5.55. The Morgan fingerprint density at radius 3 is 2.70 bits per heavy atom. The maximum atomic E-state index is 12.7. The predicted octanol–water partition coefficient (Wildman–Crippen LogP) is 4.01. The van der Waals surface area contributed by atoms with E-state index in [9.17, 15) is 14.9 Å². The van der Waals surface area contributed by atoms with Crippen molar-refractivity contribution in [2.75, 3.05) is 7.11 Å². The lowest BCUT2D eigenvalue weighted by Gasteiger charge is -2.12. The Kier molecular flexibility index (Phi) is 5.52. The van der Waals surface area contributed by atoms with Crippen molar-refractivity contribution >= 4 is 29.3 Å². The van der Waals surface area contributed by atoms with E-state index in [1.54, 1.807) is 17.4 Å². The van der Waals surface area contributed by atoms with E-state index in [0.29, 0.717) is 5.56 Å². The Labute approximate surface area is 180 Å². The second-order valence-corrected chi connectivity index (χ2v) is 9.05. The van der Waals surface area contributed by atoms with Crippen LogP contribution in [0.15, 0.2) is 11.6 Å². The second-order valence-electron chi connectivity index (χ2n) is 7.96.